The van der Waals surface area contributed by atoms with Gasteiger partial charge in [0.05, 0.1) is 0 Å². The fourth-order valence-electron chi connectivity index (χ4n) is 1.22. The van der Waals surface area contributed by atoms with Crippen LogP contribution in [0.15, 0.2) is 18.2 Å². The summed E-state index contributed by atoms with van der Waals surface area (Å²) in [4.78, 5) is 0. The van der Waals surface area contributed by atoms with E-state index in [4.69, 9.17) is 0 Å². The first-order valence-electron chi connectivity index (χ1n) is 4.60. The van der Waals surface area contributed by atoms with Crippen molar-refractivity contribution >= 4 is 0 Å². The molecule has 0 bridgehead atoms. The minimum Gasteiger partial charge on any atom is -0.508 e. The summed E-state index contributed by atoms with van der Waals surface area (Å²) in [5.41, 5.74) is 0.828. The molecule has 0 aliphatic rings. The van der Waals surface area contributed by atoms with E-state index in [-0.39, 0.29) is 11.5 Å². The molecule has 0 aliphatic heterocycles. The second kappa shape index (κ2) is 4.17. The van der Waals surface area contributed by atoms with E-state index in [1.165, 1.54) is 12.1 Å². The van der Waals surface area contributed by atoms with Gasteiger partial charge in [-0.25, -0.2) is 0 Å². The molecule has 0 aromatic heterocycles. The highest BCUT2D eigenvalue weighted by atomic mass is 16.3. The van der Waals surface area contributed by atoms with Gasteiger partial charge in [0.15, 0.2) is 0 Å². The molecule has 0 amide bonds. The molecule has 13 heavy (non-hydrogen) atoms. The molecule has 0 radical (unpaired) electrons. The third kappa shape index (κ3) is 2.98. The first-order valence-corrected chi connectivity index (χ1v) is 4.60. The predicted molar refractivity (Wildman–Crippen MR) is 52.9 cm³/mol. The molecule has 0 unspecified atom stereocenters. The molecule has 0 saturated carbocycles. The monoisotopic (exact) mass is 180 g/mol. The number of benzene rings is 1. The maximum atomic E-state index is 9.44. The van der Waals surface area contributed by atoms with Crippen LogP contribution in [0.4, 0.5) is 0 Å². The zero-order valence-corrected chi connectivity index (χ0v) is 8.12. The topological polar surface area (TPSA) is 40.5 Å². The molecule has 2 nitrogen and oxygen atoms in total. The van der Waals surface area contributed by atoms with Crippen molar-refractivity contribution in [3.05, 3.63) is 23.8 Å². The van der Waals surface area contributed by atoms with Crippen LogP contribution in [0.25, 0.3) is 0 Å². The van der Waals surface area contributed by atoms with E-state index in [0.29, 0.717) is 5.92 Å². The van der Waals surface area contributed by atoms with Gasteiger partial charge in [0.2, 0.25) is 0 Å². The lowest BCUT2D eigenvalue weighted by Gasteiger charge is -2.06. The Labute approximate surface area is 78.8 Å². The fraction of sp³-hybridized carbons (Fsp3) is 0.455. The summed E-state index contributed by atoms with van der Waals surface area (Å²) in [6.45, 7) is 4.28. The van der Waals surface area contributed by atoms with Crippen molar-refractivity contribution in [1.29, 1.82) is 0 Å². The molecule has 0 fully saturated rings. The maximum Gasteiger partial charge on any atom is 0.119 e. The van der Waals surface area contributed by atoms with E-state index in [2.05, 4.69) is 13.8 Å². The second-order valence-corrected chi connectivity index (χ2v) is 3.75. The van der Waals surface area contributed by atoms with Crippen LogP contribution in [0.2, 0.25) is 0 Å². The van der Waals surface area contributed by atoms with Gasteiger partial charge in [0.25, 0.3) is 0 Å². The number of phenols is 2. The zero-order chi connectivity index (χ0) is 9.84. The Bertz CT molecular complexity index is 279. The molecule has 0 spiro atoms. The summed E-state index contributed by atoms with van der Waals surface area (Å²) in [6, 6.07) is 4.65. The van der Waals surface area contributed by atoms with Gasteiger partial charge in [-0.1, -0.05) is 13.8 Å². The minimum absolute atomic E-state index is 0.219. The van der Waals surface area contributed by atoms with Crippen molar-refractivity contribution in [3.63, 3.8) is 0 Å². The number of phenolic OH excluding ortho intramolecular Hbond substituents is 2. The minimum atomic E-state index is 0.219. The Hall–Kier alpha value is -1.18. The van der Waals surface area contributed by atoms with Crippen molar-refractivity contribution in [2.45, 2.75) is 26.7 Å². The standard InChI is InChI=1S/C11H16O2/c1-8(2)3-4-9-7-10(12)5-6-11(9)13/h5-8,12-13H,3-4H2,1-2H3. The SMILES string of the molecule is CC(C)CCc1cc(O)ccc1O. The van der Waals surface area contributed by atoms with Crippen LogP contribution in [0.5, 0.6) is 11.5 Å². The second-order valence-electron chi connectivity index (χ2n) is 3.75. The Morgan fingerprint density at radius 2 is 1.92 bits per heavy atom. The number of rotatable bonds is 3. The Morgan fingerprint density at radius 3 is 2.54 bits per heavy atom. The van der Waals surface area contributed by atoms with Crippen LogP contribution in [0, 0.1) is 5.92 Å². The van der Waals surface area contributed by atoms with E-state index in [1.807, 2.05) is 0 Å². The van der Waals surface area contributed by atoms with E-state index < -0.39 is 0 Å². The van der Waals surface area contributed by atoms with Gasteiger partial charge in [-0.15, -0.1) is 0 Å². The average Bonchev–Trinajstić information content (AvgIpc) is 2.06. The summed E-state index contributed by atoms with van der Waals surface area (Å²) >= 11 is 0. The lowest BCUT2D eigenvalue weighted by Crippen LogP contribution is -1.92. The lowest BCUT2D eigenvalue weighted by atomic mass is 10.0. The molecule has 1 aromatic carbocycles. The summed E-state index contributed by atoms with van der Waals surface area (Å²) in [7, 11) is 0. The van der Waals surface area contributed by atoms with Crippen molar-refractivity contribution < 1.29 is 10.2 Å². The van der Waals surface area contributed by atoms with Gasteiger partial charge in [-0.05, 0) is 42.5 Å². The molecule has 1 rings (SSSR count). The quantitative estimate of drug-likeness (QED) is 0.702. The summed E-state index contributed by atoms with van der Waals surface area (Å²) < 4.78 is 0. The molecule has 2 N–H and O–H groups in total. The van der Waals surface area contributed by atoms with Crippen LogP contribution in [-0.4, -0.2) is 10.2 Å². The largest absolute Gasteiger partial charge is 0.508 e. The first-order chi connectivity index (χ1) is 6.09. The zero-order valence-electron chi connectivity index (χ0n) is 8.12. The Morgan fingerprint density at radius 1 is 1.23 bits per heavy atom. The van der Waals surface area contributed by atoms with Crippen LogP contribution >= 0.6 is 0 Å². The van der Waals surface area contributed by atoms with E-state index in [0.717, 1.165) is 18.4 Å². The van der Waals surface area contributed by atoms with E-state index >= 15 is 0 Å². The predicted octanol–water partition coefficient (Wildman–Crippen LogP) is 2.69. The molecule has 0 saturated heterocycles. The highest BCUT2D eigenvalue weighted by molar-refractivity contribution is 5.38. The molecule has 0 aliphatic carbocycles. The Kier molecular flexibility index (Phi) is 3.18. The van der Waals surface area contributed by atoms with Gasteiger partial charge < -0.3 is 10.2 Å². The molecule has 1 aromatic rings. The highest BCUT2D eigenvalue weighted by Gasteiger charge is 2.03. The summed E-state index contributed by atoms with van der Waals surface area (Å²) in [5.74, 6) is 1.11. The van der Waals surface area contributed by atoms with Gasteiger partial charge in [-0.2, -0.15) is 0 Å². The van der Waals surface area contributed by atoms with Crippen molar-refractivity contribution in [2.75, 3.05) is 0 Å². The van der Waals surface area contributed by atoms with Gasteiger partial charge in [-0.3, -0.25) is 0 Å². The molecule has 72 valence electrons. The molecular formula is C11H16O2. The molecule has 0 atom stereocenters. The van der Waals surface area contributed by atoms with Crippen LogP contribution in [0.1, 0.15) is 25.8 Å². The van der Waals surface area contributed by atoms with Crippen molar-refractivity contribution in [2.24, 2.45) is 5.92 Å². The number of hydrogen-bond donors (Lipinski definition) is 2. The smallest absolute Gasteiger partial charge is 0.119 e. The van der Waals surface area contributed by atoms with Gasteiger partial charge in [0, 0.05) is 0 Å². The van der Waals surface area contributed by atoms with Crippen LogP contribution in [0.3, 0.4) is 0 Å². The van der Waals surface area contributed by atoms with E-state index in [1.54, 1.807) is 6.07 Å². The van der Waals surface area contributed by atoms with Crippen molar-refractivity contribution in [1.82, 2.24) is 0 Å². The summed E-state index contributed by atoms with van der Waals surface area (Å²) in [6.07, 6.45) is 1.84. The number of aryl methyl sites for hydroxylation is 1. The van der Waals surface area contributed by atoms with Crippen LogP contribution < -0.4 is 0 Å². The van der Waals surface area contributed by atoms with E-state index in [9.17, 15) is 10.2 Å². The number of hydrogen-bond acceptors (Lipinski definition) is 2. The first kappa shape index (κ1) is 9.90. The average molecular weight is 180 g/mol. The molecular weight excluding hydrogens is 164 g/mol. The third-order valence-corrected chi connectivity index (χ3v) is 2.05. The number of aromatic hydroxyl groups is 2. The van der Waals surface area contributed by atoms with Gasteiger partial charge >= 0.3 is 0 Å². The third-order valence-electron chi connectivity index (χ3n) is 2.05. The van der Waals surface area contributed by atoms with Crippen LogP contribution in [-0.2, 0) is 6.42 Å². The maximum absolute atomic E-state index is 9.44. The van der Waals surface area contributed by atoms with Gasteiger partial charge in [0.1, 0.15) is 11.5 Å². The highest BCUT2D eigenvalue weighted by Crippen LogP contribution is 2.24. The molecule has 0 heterocycles. The lowest BCUT2D eigenvalue weighted by molar-refractivity contribution is 0.450. The molecule has 2 heteroatoms. The Balaban J connectivity index is 2.70. The fourth-order valence-corrected chi connectivity index (χ4v) is 1.22. The van der Waals surface area contributed by atoms with Crippen molar-refractivity contribution in [3.8, 4) is 11.5 Å². The normalized spacial score (nSPS) is 10.7. The summed E-state index contributed by atoms with van der Waals surface area (Å²) in [5, 5.41) is 18.6.